The van der Waals surface area contributed by atoms with E-state index < -0.39 is 12.1 Å². The molecular weight excluding hydrogens is 505 g/mol. The van der Waals surface area contributed by atoms with Crippen LogP contribution in [0.1, 0.15) is 43.6 Å². The number of urea groups is 1. The van der Waals surface area contributed by atoms with E-state index in [2.05, 4.69) is 38.8 Å². The van der Waals surface area contributed by atoms with Gasteiger partial charge >= 0.3 is 18.2 Å². The first-order valence-electron chi connectivity index (χ1n) is 12.8. The van der Waals surface area contributed by atoms with Crippen LogP contribution in [-0.2, 0) is 16.6 Å². The van der Waals surface area contributed by atoms with E-state index in [4.69, 9.17) is 9.90 Å². The second-order valence-corrected chi connectivity index (χ2v) is 10.0. The van der Waals surface area contributed by atoms with Crippen LogP contribution in [0.25, 0.3) is 10.9 Å². The minimum atomic E-state index is -5.08. The first-order valence-corrected chi connectivity index (χ1v) is 12.8. The molecule has 3 aliphatic rings. The predicted octanol–water partition coefficient (Wildman–Crippen LogP) is 2.83. The van der Waals surface area contributed by atoms with Crippen molar-refractivity contribution in [1.29, 1.82) is 0 Å². The average molecular weight is 539 g/mol. The van der Waals surface area contributed by atoms with Gasteiger partial charge in [-0.2, -0.15) is 18.3 Å². The topological polar surface area (TPSA) is 120 Å². The second kappa shape index (κ2) is 11.7. The van der Waals surface area contributed by atoms with Gasteiger partial charge in [-0.1, -0.05) is 6.07 Å². The van der Waals surface area contributed by atoms with Crippen molar-refractivity contribution in [3.8, 4) is 0 Å². The molecule has 0 aliphatic carbocycles. The minimum Gasteiger partial charge on any atom is -0.475 e. The van der Waals surface area contributed by atoms with Crippen LogP contribution in [-0.4, -0.2) is 83.1 Å². The summed E-state index contributed by atoms with van der Waals surface area (Å²) in [5.74, 6) is -0.930. The molecule has 3 fully saturated rings. The van der Waals surface area contributed by atoms with Crippen LogP contribution in [0.5, 0.6) is 0 Å². The van der Waals surface area contributed by atoms with E-state index in [0.29, 0.717) is 24.7 Å². The van der Waals surface area contributed by atoms with E-state index in [9.17, 15) is 22.8 Å². The molecule has 0 spiro atoms. The lowest BCUT2D eigenvalue weighted by atomic mass is 9.88. The molecule has 13 heteroatoms. The fraction of sp³-hybridized carbons (Fsp3) is 0.600. The van der Waals surface area contributed by atoms with E-state index in [-0.39, 0.29) is 11.9 Å². The molecule has 3 aliphatic heterocycles. The molecule has 0 saturated carbocycles. The fourth-order valence-electron chi connectivity index (χ4n) is 5.35. The lowest BCUT2D eigenvalue weighted by Gasteiger charge is -2.35. The zero-order chi connectivity index (χ0) is 27.4. The van der Waals surface area contributed by atoms with Crippen LogP contribution in [0, 0.1) is 5.92 Å². The SMILES string of the molecule is Cn1nc(N2CCC(=O)NC2=O)c2ccc(C3CCN(CC4CCNCC4)CC3)cc21.O=C(O)C(F)(F)F. The number of nitrogens with one attached hydrogen (secondary N) is 2. The number of aromatic nitrogens is 2. The van der Waals surface area contributed by atoms with Gasteiger partial charge in [-0.25, -0.2) is 9.59 Å². The molecule has 208 valence electrons. The summed E-state index contributed by atoms with van der Waals surface area (Å²) >= 11 is 0. The number of piperidine rings is 2. The number of likely N-dealkylation sites (tertiary alicyclic amines) is 1. The quantitative estimate of drug-likeness (QED) is 0.548. The maximum Gasteiger partial charge on any atom is 0.490 e. The molecular formula is C25H33F3N6O4. The Bertz CT molecular complexity index is 1170. The number of aliphatic carboxylic acids is 1. The number of hydrogen-bond donors (Lipinski definition) is 3. The van der Waals surface area contributed by atoms with Gasteiger partial charge < -0.3 is 15.3 Å². The number of aryl methyl sites for hydroxylation is 1. The summed E-state index contributed by atoms with van der Waals surface area (Å²) in [7, 11) is 1.92. The van der Waals surface area contributed by atoms with Gasteiger partial charge in [0.15, 0.2) is 5.82 Å². The number of carbonyl (C=O) groups is 3. The predicted molar refractivity (Wildman–Crippen MR) is 134 cm³/mol. The number of benzene rings is 1. The number of halogens is 3. The Balaban J connectivity index is 0.000000426. The van der Waals surface area contributed by atoms with E-state index in [0.717, 1.165) is 16.8 Å². The second-order valence-electron chi connectivity index (χ2n) is 10.0. The molecule has 38 heavy (non-hydrogen) atoms. The highest BCUT2D eigenvalue weighted by Gasteiger charge is 2.38. The number of rotatable bonds is 4. The van der Waals surface area contributed by atoms with Crippen molar-refractivity contribution in [3.05, 3.63) is 23.8 Å². The highest BCUT2D eigenvalue weighted by molar-refractivity contribution is 6.08. The molecule has 3 N–H and O–H groups in total. The van der Waals surface area contributed by atoms with Crippen molar-refractivity contribution in [3.63, 3.8) is 0 Å². The smallest absolute Gasteiger partial charge is 0.475 e. The van der Waals surface area contributed by atoms with Gasteiger partial charge in [0, 0.05) is 31.9 Å². The van der Waals surface area contributed by atoms with Crippen LogP contribution in [0.15, 0.2) is 18.2 Å². The zero-order valence-corrected chi connectivity index (χ0v) is 21.3. The van der Waals surface area contributed by atoms with E-state index in [1.807, 2.05) is 11.7 Å². The normalized spacial score (nSPS) is 20.3. The van der Waals surface area contributed by atoms with Gasteiger partial charge in [0.1, 0.15) is 0 Å². The Morgan fingerprint density at radius 3 is 2.37 bits per heavy atom. The maximum atomic E-state index is 12.3. The van der Waals surface area contributed by atoms with Crippen LogP contribution in [0.4, 0.5) is 23.8 Å². The molecule has 0 atom stereocenters. The van der Waals surface area contributed by atoms with Gasteiger partial charge in [-0.15, -0.1) is 0 Å². The van der Waals surface area contributed by atoms with E-state index >= 15 is 0 Å². The Labute approximate surface area is 218 Å². The minimum absolute atomic E-state index is 0.227. The number of alkyl halides is 3. The molecule has 3 saturated heterocycles. The number of carboxylic acid groups (broad SMARTS) is 1. The Morgan fingerprint density at radius 2 is 1.76 bits per heavy atom. The van der Waals surface area contributed by atoms with Crippen LogP contribution < -0.4 is 15.5 Å². The molecule has 5 rings (SSSR count). The molecule has 0 bridgehead atoms. The molecule has 10 nitrogen and oxygen atoms in total. The van der Waals surface area contributed by atoms with Crippen molar-refractivity contribution in [2.75, 3.05) is 44.2 Å². The van der Waals surface area contributed by atoms with Gasteiger partial charge in [-0.05, 0) is 81.4 Å². The molecule has 2 aromatic rings. The third-order valence-corrected chi connectivity index (χ3v) is 7.44. The number of carboxylic acids is 1. The maximum absolute atomic E-state index is 12.3. The van der Waals surface area contributed by atoms with Crippen molar-refractivity contribution >= 4 is 34.6 Å². The van der Waals surface area contributed by atoms with Crippen LogP contribution >= 0.6 is 0 Å². The third-order valence-electron chi connectivity index (χ3n) is 7.44. The number of hydrogen-bond acceptors (Lipinski definition) is 6. The largest absolute Gasteiger partial charge is 0.490 e. The highest BCUT2D eigenvalue weighted by Crippen LogP contribution is 2.34. The van der Waals surface area contributed by atoms with Crippen molar-refractivity contribution in [2.45, 2.75) is 44.2 Å². The lowest BCUT2D eigenvalue weighted by Crippen LogP contribution is -2.49. The van der Waals surface area contributed by atoms with Crippen molar-refractivity contribution in [1.82, 2.24) is 25.3 Å². The number of fused-ring (bicyclic) bond motifs is 1. The molecule has 3 amide bonds. The van der Waals surface area contributed by atoms with Gasteiger partial charge in [-0.3, -0.25) is 19.7 Å². The van der Waals surface area contributed by atoms with E-state index in [1.165, 1.54) is 64.0 Å². The first-order chi connectivity index (χ1) is 18.0. The average Bonchev–Trinajstić information content (AvgIpc) is 3.20. The van der Waals surface area contributed by atoms with E-state index in [1.54, 1.807) is 4.90 Å². The fourth-order valence-corrected chi connectivity index (χ4v) is 5.35. The lowest BCUT2D eigenvalue weighted by molar-refractivity contribution is -0.192. The van der Waals surface area contributed by atoms with Gasteiger partial charge in [0.05, 0.1) is 5.52 Å². The standard InChI is InChI=1S/C23H32N6O2.C2HF3O2/c1-27-20-14-18(17-6-11-28(12-7-17)15-16-4-9-24-10-5-16)2-3-19(20)22(26-27)29-13-8-21(30)25-23(29)31;3-2(4,5)1(6)7/h2-3,14,16-17,24H,4-13,15H2,1H3,(H,25,30,31);(H,6,7). The van der Waals surface area contributed by atoms with Gasteiger partial charge in [0.2, 0.25) is 5.91 Å². The molecule has 4 heterocycles. The Kier molecular flexibility index (Phi) is 8.56. The molecule has 1 aromatic heterocycles. The van der Waals surface area contributed by atoms with Crippen LogP contribution in [0.2, 0.25) is 0 Å². The summed E-state index contributed by atoms with van der Waals surface area (Å²) in [5, 5.41) is 18.5. The van der Waals surface area contributed by atoms with Gasteiger partial charge in [0.25, 0.3) is 0 Å². The summed E-state index contributed by atoms with van der Waals surface area (Å²) in [6, 6.07) is 6.15. The summed E-state index contributed by atoms with van der Waals surface area (Å²) in [4.78, 5) is 36.9. The summed E-state index contributed by atoms with van der Waals surface area (Å²) < 4.78 is 33.6. The zero-order valence-electron chi connectivity index (χ0n) is 21.3. The Morgan fingerprint density at radius 1 is 1.11 bits per heavy atom. The summed E-state index contributed by atoms with van der Waals surface area (Å²) in [6.45, 7) is 6.30. The molecule has 0 unspecified atom stereocenters. The highest BCUT2D eigenvalue weighted by atomic mass is 19.4. The summed E-state index contributed by atoms with van der Waals surface area (Å²) in [6.07, 6.45) is 0.221. The monoisotopic (exact) mass is 538 g/mol. The first kappa shape index (κ1) is 27.8. The third kappa shape index (κ3) is 6.62. The number of carbonyl (C=O) groups excluding carboxylic acids is 2. The number of nitrogens with zero attached hydrogens (tertiary/aromatic N) is 4. The molecule has 0 radical (unpaired) electrons. The number of imide groups is 1. The van der Waals surface area contributed by atoms with Crippen molar-refractivity contribution < 1.29 is 32.7 Å². The summed E-state index contributed by atoms with van der Waals surface area (Å²) in [5.41, 5.74) is 2.40. The van der Waals surface area contributed by atoms with Crippen LogP contribution in [0.3, 0.4) is 0 Å². The number of amides is 3. The number of anilines is 1. The van der Waals surface area contributed by atoms with Crippen molar-refractivity contribution in [2.24, 2.45) is 13.0 Å². The Hall–Kier alpha value is -3.19. The molecule has 1 aromatic carbocycles.